The van der Waals surface area contributed by atoms with Gasteiger partial charge in [-0.25, -0.2) is 22.3 Å². The first-order chi connectivity index (χ1) is 12.1. The molecule has 1 atom stereocenters. The van der Waals surface area contributed by atoms with Gasteiger partial charge in [0.25, 0.3) is 0 Å². The molecule has 1 heterocycles. The predicted molar refractivity (Wildman–Crippen MR) is 97.6 cm³/mol. The molecule has 26 heavy (non-hydrogen) atoms. The van der Waals surface area contributed by atoms with Crippen molar-refractivity contribution in [1.29, 1.82) is 0 Å². The average Bonchev–Trinajstić information content (AvgIpc) is 2.54. The lowest BCUT2D eigenvalue weighted by Crippen LogP contribution is -2.50. The lowest BCUT2D eigenvalue weighted by molar-refractivity contribution is 0.0105. The summed E-state index contributed by atoms with van der Waals surface area (Å²) in [5.41, 5.74) is -0.490. The van der Waals surface area contributed by atoms with Crippen LogP contribution in [0.15, 0.2) is 24.3 Å². The topological polar surface area (TPSA) is 75.7 Å². The fourth-order valence-electron chi connectivity index (χ4n) is 2.87. The number of piperidine rings is 1. The summed E-state index contributed by atoms with van der Waals surface area (Å²) >= 11 is 0. The van der Waals surface area contributed by atoms with Gasteiger partial charge in [-0.1, -0.05) is 18.2 Å². The van der Waals surface area contributed by atoms with Crippen molar-refractivity contribution in [3.8, 4) is 0 Å². The van der Waals surface area contributed by atoms with Crippen molar-refractivity contribution in [2.45, 2.75) is 57.4 Å². The second-order valence-corrected chi connectivity index (χ2v) is 9.33. The van der Waals surface area contributed by atoms with Crippen LogP contribution in [0.4, 0.5) is 9.18 Å². The van der Waals surface area contributed by atoms with Gasteiger partial charge in [0.1, 0.15) is 11.4 Å². The lowest BCUT2D eigenvalue weighted by Gasteiger charge is -2.36. The lowest BCUT2D eigenvalue weighted by atomic mass is 10.0. The fraction of sp³-hybridized carbons (Fsp3) is 0.611. The molecule has 0 unspecified atom stereocenters. The van der Waals surface area contributed by atoms with Crippen LogP contribution in [0.25, 0.3) is 0 Å². The Morgan fingerprint density at radius 1 is 1.31 bits per heavy atom. The van der Waals surface area contributed by atoms with Crippen molar-refractivity contribution in [1.82, 2.24) is 9.62 Å². The van der Waals surface area contributed by atoms with Gasteiger partial charge in [0.15, 0.2) is 0 Å². The maximum atomic E-state index is 13.7. The monoisotopic (exact) mass is 386 g/mol. The molecule has 8 heteroatoms. The van der Waals surface area contributed by atoms with E-state index in [0.717, 1.165) is 12.8 Å². The molecule has 1 saturated heterocycles. The number of nitrogens with zero attached hydrogens (tertiary/aromatic N) is 1. The highest BCUT2D eigenvalue weighted by atomic mass is 32.2. The Labute approximate surface area is 154 Å². The van der Waals surface area contributed by atoms with Crippen molar-refractivity contribution in [2.75, 3.05) is 13.1 Å². The standard InChI is InChI=1S/C18H27FN2O4S/c1-18(2,3)25-17(22)21-11-7-6-9-15(21)12-20-26(23,24)13-14-8-4-5-10-16(14)19/h4-5,8,10,15,20H,6-7,9,11-13H2,1-3H3/t15-/m1/s1. The van der Waals surface area contributed by atoms with Gasteiger partial charge in [-0.2, -0.15) is 0 Å². The van der Waals surface area contributed by atoms with Crippen molar-refractivity contribution >= 4 is 16.1 Å². The molecule has 6 nitrogen and oxygen atoms in total. The number of amides is 1. The Hall–Kier alpha value is -1.67. The molecule has 0 spiro atoms. The molecule has 1 fully saturated rings. The van der Waals surface area contributed by atoms with E-state index in [4.69, 9.17) is 4.74 Å². The molecular formula is C18H27FN2O4S. The van der Waals surface area contributed by atoms with Gasteiger partial charge in [-0.05, 0) is 46.1 Å². The van der Waals surface area contributed by atoms with Gasteiger partial charge < -0.3 is 9.64 Å². The van der Waals surface area contributed by atoms with Gasteiger partial charge in [-0.3, -0.25) is 0 Å². The minimum atomic E-state index is -3.71. The van der Waals surface area contributed by atoms with Gasteiger partial charge in [0.05, 0.1) is 5.75 Å². The number of hydrogen-bond acceptors (Lipinski definition) is 4. The van der Waals surface area contributed by atoms with E-state index in [2.05, 4.69) is 4.72 Å². The Balaban J connectivity index is 1.99. The third-order valence-electron chi connectivity index (χ3n) is 4.10. The third-order valence-corrected chi connectivity index (χ3v) is 5.39. The summed E-state index contributed by atoms with van der Waals surface area (Å²) in [5.74, 6) is -0.982. The Bertz CT molecular complexity index is 731. The zero-order valence-corrected chi connectivity index (χ0v) is 16.3. The van der Waals surface area contributed by atoms with Crippen LogP contribution in [-0.2, 0) is 20.5 Å². The van der Waals surface area contributed by atoms with Gasteiger partial charge in [0.2, 0.25) is 10.0 Å². The van der Waals surface area contributed by atoms with Crippen LogP contribution in [0.5, 0.6) is 0 Å². The number of likely N-dealkylation sites (tertiary alicyclic amines) is 1. The van der Waals surface area contributed by atoms with Crippen LogP contribution in [-0.4, -0.2) is 44.1 Å². The molecule has 1 aliphatic heterocycles. The fourth-order valence-corrected chi connectivity index (χ4v) is 4.06. The second kappa shape index (κ2) is 8.35. The van der Waals surface area contributed by atoms with Crippen molar-refractivity contribution < 1.29 is 22.3 Å². The molecule has 1 aromatic carbocycles. The van der Waals surface area contributed by atoms with E-state index in [1.54, 1.807) is 31.7 Å². The first-order valence-corrected chi connectivity index (χ1v) is 10.4. The summed E-state index contributed by atoms with van der Waals surface area (Å²) in [5, 5.41) is 0. The number of halogens is 1. The molecule has 1 aromatic rings. The van der Waals surface area contributed by atoms with Crippen molar-refractivity contribution in [2.24, 2.45) is 0 Å². The van der Waals surface area contributed by atoms with Crippen LogP contribution in [0.2, 0.25) is 0 Å². The molecule has 1 N–H and O–H groups in total. The summed E-state index contributed by atoms with van der Waals surface area (Å²) in [6.45, 7) is 6.01. The molecule has 0 saturated carbocycles. The summed E-state index contributed by atoms with van der Waals surface area (Å²) < 4.78 is 46.2. The number of ether oxygens (including phenoxy) is 1. The van der Waals surface area contributed by atoms with Crippen LogP contribution in [0, 0.1) is 5.82 Å². The zero-order valence-electron chi connectivity index (χ0n) is 15.5. The minimum Gasteiger partial charge on any atom is -0.444 e. The van der Waals surface area contributed by atoms with Crippen molar-refractivity contribution in [3.63, 3.8) is 0 Å². The highest BCUT2D eigenvalue weighted by molar-refractivity contribution is 7.88. The number of rotatable bonds is 5. The molecule has 0 aromatic heterocycles. The number of carbonyl (C=O) groups is 1. The molecule has 0 aliphatic carbocycles. The van der Waals surface area contributed by atoms with E-state index in [0.29, 0.717) is 13.0 Å². The van der Waals surface area contributed by atoms with Crippen LogP contribution in [0.1, 0.15) is 45.6 Å². The molecular weight excluding hydrogens is 359 g/mol. The quantitative estimate of drug-likeness (QED) is 0.844. The molecule has 0 radical (unpaired) electrons. The van der Waals surface area contributed by atoms with Crippen LogP contribution >= 0.6 is 0 Å². The number of hydrogen-bond donors (Lipinski definition) is 1. The number of benzene rings is 1. The molecule has 1 amide bonds. The third kappa shape index (κ3) is 6.25. The number of nitrogens with one attached hydrogen (secondary N) is 1. The largest absolute Gasteiger partial charge is 0.444 e. The SMILES string of the molecule is CC(C)(C)OC(=O)N1CCCC[C@@H]1CNS(=O)(=O)Cc1ccccc1F. The minimum absolute atomic E-state index is 0.0933. The van der Waals surface area contributed by atoms with E-state index in [-0.39, 0.29) is 18.2 Å². The predicted octanol–water partition coefficient (Wildman–Crippen LogP) is 3.03. The number of carbonyl (C=O) groups excluding carboxylic acids is 1. The second-order valence-electron chi connectivity index (χ2n) is 7.52. The highest BCUT2D eigenvalue weighted by Crippen LogP contribution is 2.20. The molecule has 1 aliphatic rings. The Morgan fingerprint density at radius 2 is 2.00 bits per heavy atom. The van der Waals surface area contributed by atoms with Crippen LogP contribution < -0.4 is 4.72 Å². The van der Waals surface area contributed by atoms with E-state index in [1.807, 2.05) is 0 Å². The summed E-state index contributed by atoms with van der Waals surface area (Å²) in [6.07, 6.45) is 2.04. The Morgan fingerprint density at radius 3 is 2.65 bits per heavy atom. The molecule has 0 bridgehead atoms. The molecule has 146 valence electrons. The summed E-state index contributed by atoms with van der Waals surface area (Å²) in [7, 11) is -3.71. The summed E-state index contributed by atoms with van der Waals surface area (Å²) in [4.78, 5) is 13.9. The van der Waals surface area contributed by atoms with Crippen molar-refractivity contribution in [3.05, 3.63) is 35.6 Å². The molecule has 2 rings (SSSR count). The summed E-state index contributed by atoms with van der Waals surface area (Å²) in [6, 6.07) is 5.52. The maximum absolute atomic E-state index is 13.7. The number of sulfonamides is 1. The normalized spacial score (nSPS) is 18.6. The van der Waals surface area contributed by atoms with Gasteiger partial charge in [-0.15, -0.1) is 0 Å². The van der Waals surface area contributed by atoms with E-state index < -0.39 is 33.3 Å². The zero-order chi connectivity index (χ0) is 19.4. The van der Waals surface area contributed by atoms with E-state index in [1.165, 1.54) is 18.2 Å². The van der Waals surface area contributed by atoms with Gasteiger partial charge in [0, 0.05) is 24.7 Å². The van der Waals surface area contributed by atoms with E-state index in [9.17, 15) is 17.6 Å². The average molecular weight is 386 g/mol. The smallest absolute Gasteiger partial charge is 0.410 e. The Kier molecular flexibility index (Phi) is 6.63. The maximum Gasteiger partial charge on any atom is 0.410 e. The van der Waals surface area contributed by atoms with Crippen LogP contribution in [0.3, 0.4) is 0 Å². The first kappa shape index (κ1) is 20.6. The van der Waals surface area contributed by atoms with E-state index >= 15 is 0 Å². The van der Waals surface area contributed by atoms with Gasteiger partial charge >= 0.3 is 6.09 Å². The first-order valence-electron chi connectivity index (χ1n) is 8.78. The highest BCUT2D eigenvalue weighted by Gasteiger charge is 2.31.